The first kappa shape index (κ1) is 16.9. The van der Waals surface area contributed by atoms with Gasteiger partial charge in [0.05, 0.1) is 6.26 Å². The fourth-order valence-electron chi connectivity index (χ4n) is 2.13. The lowest BCUT2D eigenvalue weighted by molar-refractivity contribution is -0.156. The van der Waals surface area contributed by atoms with Gasteiger partial charge in [0.1, 0.15) is 17.2 Å². The fraction of sp³-hybridized carbons (Fsp3) is 0.385. The number of nitrogens with two attached hydrogens (primary N) is 1. The maximum atomic E-state index is 12.1. The molecule has 2 heterocycles. The first-order valence-corrected chi connectivity index (χ1v) is 7.65. The zero-order chi connectivity index (χ0) is 17.0. The minimum absolute atomic E-state index is 0.307. The van der Waals surface area contributed by atoms with E-state index in [1.165, 1.54) is 29.8 Å². The van der Waals surface area contributed by atoms with Gasteiger partial charge in [0.2, 0.25) is 5.91 Å². The molecule has 124 valence electrons. The highest BCUT2D eigenvalue weighted by molar-refractivity contribution is 7.99. The van der Waals surface area contributed by atoms with Crippen molar-refractivity contribution < 1.29 is 28.3 Å². The summed E-state index contributed by atoms with van der Waals surface area (Å²) in [4.78, 5) is 47.1. The molecule has 2 atom stereocenters. The Bertz CT molecular complexity index is 617. The van der Waals surface area contributed by atoms with E-state index in [0.717, 1.165) is 0 Å². The SMILES string of the molecule is CC(=O)N1[C@@H](c2ccco2)SC[C@H]1C(=O)OCC(=O)NC(N)=O. The third-order valence-corrected chi connectivity index (χ3v) is 4.31. The molecule has 1 aromatic rings. The van der Waals surface area contributed by atoms with E-state index in [9.17, 15) is 19.2 Å². The van der Waals surface area contributed by atoms with Crippen molar-refractivity contribution in [3.05, 3.63) is 24.2 Å². The van der Waals surface area contributed by atoms with E-state index in [2.05, 4.69) is 0 Å². The van der Waals surface area contributed by atoms with Crippen LogP contribution in [0, 0.1) is 0 Å². The minimum Gasteiger partial charge on any atom is -0.466 e. The minimum atomic E-state index is -1.04. The van der Waals surface area contributed by atoms with E-state index >= 15 is 0 Å². The lowest BCUT2D eigenvalue weighted by Crippen LogP contribution is -2.44. The number of rotatable bonds is 4. The van der Waals surface area contributed by atoms with Gasteiger partial charge in [-0.15, -0.1) is 11.8 Å². The lowest BCUT2D eigenvalue weighted by atomic mass is 10.2. The number of thioether (sulfide) groups is 1. The molecule has 0 aliphatic carbocycles. The van der Waals surface area contributed by atoms with Crippen LogP contribution in [0.5, 0.6) is 0 Å². The predicted octanol–water partition coefficient (Wildman–Crippen LogP) is -0.0198. The van der Waals surface area contributed by atoms with Crippen LogP contribution in [0.2, 0.25) is 0 Å². The summed E-state index contributed by atoms with van der Waals surface area (Å²) in [6.07, 6.45) is 1.48. The van der Waals surface area contributed by atoms with Gasteiger partial charge in [-0.2, -0.15) is 0 Å². The molecular weight excluding hydrogens is 326 g/mol. The number of hydrogen-bond donors (Lipinski definition) is 2. The van der Waals surface area contributed by atoms with Crippen LogP contribution in [0.1, 0.15) is 18.1 Å². The van der Waals surface area contributed by atoms with Crippen molar-refractivity contribution in [3.63, 3.8) is 0 Å². The van der Waals surface area contributed by atoms with Crippen molar-refractivity contribution in [1.29, 1.82) is 0 Å². The Labute approximate surface area is 135 Å². The van der Waals surface area contributed by atoms with E-state index in [1.807, 2.05) is 0 Å². The zero-order valence-corrected chi connectivity index (χ0v) is 13.0. The molecule has 10 heteroatoms. The standard InChI is InChI=1S/C13H15N3O6S/c1-7(17)16-8(6-23-11(16)9-3-2-4-21-9)12(19)22-5-10(18)15-13(14)20/h2-4,8,11H,5-6H2,1H3,(H3,14,15,18,20)/t8-,11+/m0/s1. The summed E-state index contributed by atoms with van der Waals surface area (Å²) in [5.41, 5.74) is 4.78. The van der Waals surface area contributed by atoms with Crippen LogP contribution >= 0.6 is 11.8 Å². The van der Waals surface area contributed by atoms with Gasteiger partial charge in [0.15, 0.2) is 6.61 Å². The number of primary amides is 1. The summed E-state index contributed by atoms with van der Waals surface area (Å²) < 4.78 is 10.1. The molecule has 9 nitrogen and oxygen atoms in total. The Morgan fingerprint density at radius 2 is 2.22 bits per heavy atom. The van der Waals surface area contributed by atoms with E-state index in [4.69, 9.17) is 14.9 Å². The molecule has 0 bridgehead atoms. The van der Waals surface area contributed by atoms with Crippen LogP contribution in [0.15, 0.2) is 22.8 Å². The van der Waals surface area contributed by atoms with Gasteiger partial charge in [-0.3, -0.25) is 14.9 Å². The van der Waals surface area contributed by atoms with Crippen molar-refractivity contribution >= 4 is 35.6 Å². The number of nitrogens with zero attached hydrogens (tertiary/aromatic N) is 1. The van der Waals surface area contributed by atoms with E-state index in [-0.39, 0.29) is 5.91 Å². The molecule has 4 amide bonds. The largest absolute Gasteiger partial charge is 0.466 e. The predicted molar refractivity (Wildman–Crippen MR) is 78.9 cm³/mol. The topological polar surface area (TPSA) is 132 Å². The Morgan fingerprint density at radius 1 is 1.48 bits per heavy atom. The third-order valence-electron chi connectivity index (χ3n) is 3.03. The van der Waals surface area contributed by atoms with E-state index in [0.29, 0.717) is 11.5 Å². The molecule has 0 radical (unpaired) electrons. The summed E-state index contributed by atoms with van der Waals surface area (Å²) in [6, 6.07) is 1.52. The van der Waals surface area contributed by atoms with Crippen LogP contribution in [0.4, 0.5) is 4.79 Å². The van der Waals surface area contributed by atoms with Crippen molar-refractivity contribution in [2.24, 2.45) is 5.73 Å². The monoisotopic (exact) mass is 341 g/mol. The van der Waals surface area contributed by atoms with Crippen LogP contribution in [0.25, 0.3) is 0 Å². The number of ether oxygens (including phenoxy) is 1. The molecule has 0 aromatic carbocycles. The molecule has 1 aliphatic heterocycles. The lowest BCUT2D eigenvalue weighted by Gasteiger charge is -2.25. The molecule has 0 spiro atoms. The number of esters is 1. The van der Waals surface area contributed by atoms with Crippen molar-refractivity contribution in [2.75, 3.05) is 12.4 Å². The summed E-state index contributed by atoms with van der Waals surface area (Å²) in [5, 5.41) is 1.34. The molecule has 0 unspecified atom stereocenters. The van der Waals surface area contributed by atoms with Gasteiger partial charge < -0.3 is 19.8 Å². The number of carbonyl (C=O) groups excluding carboxylic acids is 4. The Hall–Kier alpha value is -2.49. The summed E-state index contributed by atoms with van der Waals surface area (Å²) in [5.74, 6) is -1.04. The second-order valence-corrected chi connectivity index (χ2v) is 5.78. The molecular formula is C13H15N3O6S. The molecule has 1 fully saturated rings. The maximum Gasteiger partial charge on any atom is 0.330 e. The Kier molecular flexibility index (Phi) is 5.27. The molecule has 3 N–H and O–H groups in total. The third kappa shape index (κ3) is 4.03. The molecule has 1 aliphatic rings. The Morgan fingerprint density at radius 3 is 2.78 bits per heavy atom. The highest BCUT2D eigenvalue weighted by Crippen LogP contribution is 2.41. The van der Waals surface area contributed by atoms with Crippen LogP contribution in [0.3, 0.4) is 0 Å². The van der Waals surface area contributed by atoms with Gasteiger partial charge in [0.25, 0.3) is 5.91 Å². The number of urea groups is 1. The first-order chi connectivity index (χ1) is 10.9. The fourth-order valence-corrected chi connectivity index (χ4v) is 3.55. The van der Waals surface area contributed by atoms with Crippen molar-refractivity contribution in [1.82, 2.24) is 10.2 Å². The second kappa shape index (κ2) is 7.18. The number of imide groups is 1. The smallest absolute Gasteiger partial charge is 0.330 e. The molecule has 1 saturated heterocycles. The number of carbonyl (C=O) groups is 4. The zero-order valence-electron chi connectivity index (χ0n) is 12.2. The quantitative estimate of drug-likeness (QED) is 0.735. The van der Waals surface area contributed by atoms with Crippen LogP contribution in [-0.4, -0.2) is 47.1 Å². The molecule has 23 heavy (non-hydrogen) atoms. The average Bonchev–Trinajstić information content (AvgIpc) is 3.11. The van der Waals surface area contributed by atoms with Crippen LogP contribution < -0.4 is 11.1 Å². The number of amides is 4. The number of nitrogens with one attached hydrogen (secondary N) is 1. The molecule has 0 saturated carbocycles. The van der Waals surface area contributed by atoms with Gasteiger partial charge >= 0.3 is 12.0 Å². The normalized spacial score (nSPS) is 20.1. The summed E-state index contributed by atoms with van der Waals surface area (Å²) >= 11 is 1.35. The highest BCUT2D eigenvalue weighted by atomic mass is 32.2. The molecule has 1 aromatic heterocycles. The first-order valence-electron chi connectivity index (χ1n) is 6.60. The van der Waals surface area contributed by atoms with Crippen LogP contribution in [-0.2, 0) is 19.1 Å². The average molecular weight is 341 g/mol. The number of hydrogen-bond acceptors (Lipinski definition) is 7. The summed E-state index contributed by atoms with van der Waals surface area (Å²) in [6.45, 7) is 0.683. The maximum absolute atomic E-state index is 12.1. The van der Waals surface area contributed by atoms with Gasteiger partial charge in [-0.1, -0.05) is 0 Å². The van der Waals surface area contributed by atoms with Crippen molar-refractivity contribution in [2.45, 2.75) is 18.3 Å². The molecule has 2 rings (SSSR count). The number of furan rings is 1. The van der Waals surface area contributed by atoms with Gasteiger partial charge in [0, 0.05) is 12.7 Å². The van der Waals surface area contributed by atoms with E-state index < -0.39 is 35.9 Å². The second-order valence-electron chi connectivity index (χ2n) is 4.66. The highest BCUT2D eigenvalue weighted by Gasteiger charge is 2.43. The van der Waals surface area contributed by atoms with E-state index in [1.54, 1.807) is 17.4 Å². The Balaban J connectivity index is 2.01. The summed E-state index contributed by atoms with van der Waals surface area (Å²) in [7, 11) is 0. The van der Waals surface area contributed by atoms with Crippen molar-refractivity contribution in [3.8, 4) is 0 Å². The van der Waals surface area contributed by atoms with Gasteiger partial charge in [-0.05, 0) is 12.1 Å². The van der Waals surface area contributed by atoms with Gasteiger partial charge in [-0.25, -0.2) is 9.59 Å².